The minimum Gasteiger partial charge on any atom is -0.756 e. The Balaban J connectivity index is 0.0000397. The van der Waals surface area contributed by atoms with Gasteiger partial charge in [0.25, 0.3) is 7.82 Å². The second-order valence-corrected chi connectivity index (χ2v) is 20.1. The van der Waals surface area contributed by atoms with E-state index in [9.17, 15) is 23.8 Å². The molecule has 1 aromatic heterocycles. The summed E-state index contributed by atoms with van der Waals surface area (Å²) in [6.45, 7) is 3.24. The van der Waals surface area contributed by atoms with E-state index in [1.807, 2.05) is 18.2 Å². The second-order valence-electron chi connectivity index (χ2n) is 16.2. The van der Waals surface area contributed by atoms with Crippen LogP contribution in [0.2, 0.25) is 0 Å². The molecule has 1 amide bonds. The Hall–Kier alpha value is -1.15. The molecule has 0 bridgehead atoms. The molecule has 0 saturated carbocycles. The van der Waals surface area contributed by atoms with Crippen LogP contribution in [0.25, 0.3) is 0 Å². The van der Waals surface area contributed by atoms with E-state index in [0.29, 0.717) is 18.6 Å². The first kappa shape index (κ1) is 62.8. The van der Waals surface area contributed by atoms with Crippen molar-refractivity contribution in [2.75, 3.05) is 32.1 Å². The fraction of sp³-hybridized carbons (Fsp3) is 0.755. The smallest absolute Gasteiger partial charge is 0.756 e. The Morgan fingerprint density at radius 1 is 0.672 bits per heavy atom. The van der Waals surface area contributed by atoms with E-state index in [4.69, 9.17) is 18.5 Å². The maximum atomic E-state index is 12.8. The summed E-state index contributed by atoms with van der Waals surface area (Å²) in [6, 6.07) is 5.62. The molecule has 0 aliphatic rings. The number of aromatic nitrogens is 1. The zero-order valence-electron chi connectivity index (χ0n) is 40.1. The summed E-state index contributed by atoms with van der Waals surface area (Å²) < 4.78 is 33.5. The fourth-order valence-corrected chi connectivity index (χ4v) is 9.19. The summed E-state index contributed by atoms with van der Waals surface area (Å²) >= 11 is 0. The molecule has 0 spiro atoms. The number of hydrogen-bond donors (Lipinski definition) is 1. The molecular weight excluding hydrogens is 879 g/mol. The summed E-state index contributed by atoms with van der Waals surface area (Å²) in [5, 5.41) is 3.48. The minimum absolute atomic E-state index is 0. The van der Waals surface area contributed by atoms with Gasteiger partial charge in [-0.3, -0.25) is 18.9 Å². The van der Waals surface area contributed by atoms with Gasteiger partial charge in [0, 0.05) is 37.8 Å². The predicted octanol–water partition coefficient (Wildman–Crippen LogP) is 10.4. The van der Waals surface area contributed by atoms with E-state index in [2.05, 4.69) is 48.5 Å². The molecule has 0 saturated heterocycles. The molecule has 2 atom stereocenters. The third kappa shape index (κ3) is 43.4. The van der Waals surface area contributed by atoms with Crippen LogP contribution in [0.3, 0.4) is 0 Å². The molecule has 64 heavy (non-hydrogen) atoms. The molecule has 1 rings (SSSR count). The van der Waals surface area contributed by atoms with Crippen LogP contribution in [0.5, 0.6) is 0 Å². The second kappa shape index (κ2) is 46.9. The number of phosphoric ester groups is 1. The molecule has 0 fully saturated rings. The summed E-state index contributed by atoms with van der Waals surface area (Å²) in [6.07, 6.45) is 40.3. The third-order valence-corrected chi connectivity index (χ3v) is 13.5. The van der Waals surface area contributed by atoms with Gasteiger partial charge in [-0.2, -0.15) is 0 Å². The molecule has 11 nitrogen and oxygen atoms in total. The van der Waals surface area contributed by atoms with E-state index in [-0.39, 0.29) is 74.5 Å². The maximum Gasteiger partial charge on any atom is 1.00 e. The number of rotatable bonds is 45. The molecule has 1 aromatic rings. The van der Waals surface area contributed by atoms with Gasteiger partial charge in [0.2, 0.25) is 5.91 Å². The van der Waals surface area contributed by atoms with E-state index in [1.165, 1.54) is 98.6 Å². The van der Waals surface area contributed by atoms with Gasteiger partial charge >= 0.3 is 41.5 Å². The van der Waals surface area contributed by atoms with E-state index >= 15 is 0 Å². The number of ether oxygens (including phenoxy) is 2. The van der Waals surface area contributed by atoms with Crippen molar-refractivity contribution in [3.63, 3.8) is 0 Å². The average molecular weight is 963 g/mol. The number of pyridine rings is 1. The Labute approximate surface area is 418 Å². The molecule has 0 aromatic carbocycles. The standard InChI is InChI=1S/C49H85N2O9PS2.Na/c1-3-5-7-9-11-13-15-17-19-21-23-25-27-29-31-36-48(53)57-43-45(60-49(54)37-32-30-28-26-24-22-20-18-16-14-12-10-8-6-4-2)44-59-61(55,56)58-41-40-50-46(52)38-42-62-63-47-35-33-34-39-51-47;/h17-20,33-35,39,45H,3-16,21-32,36-38,40-44H2,1-2H3,(H,50,52)(H,55,56);/q;+1/p-1. The number of carbonyl (C=O) groups is 3. The Morgan fingerprint density at radius 2 is 1.17 bits per heavy atom. The van der Waals surface area contributed by atoms with Crippen molar-refractivity contribution in [1.29, 1.82) is 0 Å². The first-order chi connectivity index (χ1) is 30.8. The first-order valence-electron chi connectivity index (χ1n) is 24.5. The van der Waals surface area contributed by atoms with Crippen molar-refractivity contribution in [2.45, 2.75) is 211 Å². The minimum atomic E-state index is -4.81. The molecule has 0 radical (unpaired) electrons. The fourth-order valence-electron chi connectivity index (χ4n) is 6.58. The van der Waals surface area contributed by atoms with Gasteiger partial charge in [-0.1, -0.05) is 158 Å². The van der Waals surface area contributed by atoms with Crippen LogP contribution in [-0.4, -0.2) is 61.1 Å². The number of amides is 1. The zero-order chi connectivity index (χ0) is 45.7. The van der Waals surface area contributed by atoms with Gasteiger partial charge in [0.05, 0.1) is 13.2 Å². The van der Waals surface area contributed by atoms with Crippen LogP contribution in [0, 0.1) is 0 Å². The number of unbranched alkanes of at least 4 members (excludes halogenated alkanes) is 22. The summed E-state index contributed by atoms with van der Waals surface area (Å²) in [7, 11) is -1.84. The van der Waals surface area contributed by atoms with Crippen molar-refractivity contribution < 1.29 is 71.9 Å². The maximum absolute atomic E-state index is 12.8. The van der Waals surface area contributed by atoms with Crippen LogP contribution in [0.15, 0.2) is 53.7 Å². The van der Waals surface area contributed by atoms with Crippen LogP contribution < -0.4 is 39.8 Å². The van der Waals surface area contributed by atoms with Crippen molar-refractivity contribution in [3.8, 4) is 0 Å². The molecule has 0 aliphatic carbocycles. The monoisotopic (exact) mass is 963 g/mol. The van der Waals surface area contributed by atoms with Crippen molar-refractivity contribution in [2.24, 2.45) is 0 Å². The number of esters is 2. The number of phosphoric acid groups is 1. The average Bonchev–Trinajstić information content (AvgIpc) is 3.28. The van der Waals surface area contributed by atoms with Gasteiger partial charge in [0.1, 0.15) is 11.6 Å². The van der Waals surface area contributed by atoms with E-state index in [1.54, 1.807) is 6.20 Å². The van der Waals surface area contributed by atoms with Crippen LogP contribution >= 0.6 is 29.4 Å². The quantitative estimate of drug-likeness (QED) is 0.0165. The Bertz CT molecular complexity index is 1360. The molecule has 15 heteroatoms. The van der Waals surface area contributed by atoms with Crippen molar-refractivity contribution >= 4 is 47.3 Å². The van der Waals surface area contributed by atoms with Crippen molar-refractivity contribution in [3.05, 3.63) is 48.7 Å². The molecule has 0 aliphatic heterocycles. The first-order valence-corrected chi connectivity index (χ1v) is 28.3. The third-order valence-electron chi connectivity index (χ3n) is 10.3. The molecule has 362 valence electrons. The number of hydrogen-bond acceptors (Lipinski definition) is 12. The topological polar surface area (TPSA) is 153 Å². The van der Waals surface area contributed by atoms with Gasteiger partial charge in [-0.05, 0) is 87.1 Å². The van der Waals surface area contributed by atoms with E-state index < -0.39 is 32.5 Å². The van der Waals surface area contributed by atoms with E-state index in [0.717, 1.165) is 82.1 Å². The van der Waals surface area contributed by atoms with Gasteiger partial charge in [-0.15, -0.1) is 0 Å². The largest absolute Gasteiger partial charge is 1.00 e. The normalized spacial score (nSPS) is 12.9. The van der Waals surface area contributed by atoms with Crippen molar-refractivity contribution in [1.82, 2.24) is 10.3 Å². The zero-order valence-corrected chi connectivity index (χ0v) is 44.7. The summed E-state index contributed by atoms with van der Waals surface area (Å²) in [5.74, 6) is -0.625. The number of allylic oxidation sites excluding steroid dienone is 4. The molecule has 1 heterocycles. The Morgan fingerprint density at radius 3 is 1.69 bits per heavy atom. The van der Waals surface area contributed by atoms with Crippen LogP contribution in [-0.2, 0) is 37.5 Å². The number of nitrogens with one attached hydrogen (secondary N) is 1. The number of carbonyl (C=O) groups excluding carboxylic acids is 3. The molecule has 2 unspecified atom stereocenters. The molecular formula is C49H84N2NaO9PS2. The summed E-state index contributed by atoms with van der Waals surface area (Å²) in [4.78, 5) is 54.3. The van der Waals surface area contributed by atoms with Crippen LogP contribution in [0.4, 0.5) is 0 Å². The van der Waals surface area contributed by atoms with Crippen LogP contribution in [0.1, 0.15) is 200 Å². The molecule has 1 N–H and O–H groups in total. The SMILES string of the molecule is CCCCCCCCC=CCCCCCCCC(=O)OCC(COP(=O)([O-])OCCNC(=O)CCSSc1ccccn1)OC(=O)CCCCCCCC=CCCCCCCCC.[Na+]. The Kier molecular flexibility index (Phi) is 46.1. The van der Waals surface area contributed by atoms with Gasteiger partial charge in [0.15, 0.2) is 6.10 Å². The predicted molar refractivity (Wildman–Crippen MR) is 259 cm³/mol. The summed E-state index contributed by atoms with van der Waals surface area (Å²) in [5.41, 5.74) is 0. The number of nitrogens with zero attached hydrogens (tertiary/aromatic N) is 1. The van der Waals surface area contributed by atoms with Gasteiger partial charge < -0.3 is 28.7 Å². The van der Waals surface area contributed by atoms with Gasteiger partial charge in [-0.25, -0.2) is 4.98 Å².